The second kappa shape index (κ2) is 7.50. The molecule has 134 valence electrons. The van der Waals surface area contributed by atoms with Gasteiger partial charge < -0.3 is 15.2 Å². The molecule has 0 spiro atoms. The Kier molecular flexibility index (Phi) is 5.16. The molecule has 3 rings (SSSR count). The summed E-state index contributed by atoms with van der Waals surface area (Å²) in [6, 6.07) is 0.284. The number of aromatic nitrogens is 3. The van der Waals surface area contributed by atoms with Gasteiger partial charge in [-0.2, -0.15) is 5.10 Å². The van der Waals surface area contributed by atoms with Crippen molar-refractivity contribution in [2.24, 2.45) is 0 Å². The van der Waals surface area contributed by atoms with Crippen molar-refractivity contribution >= 4 is 17.5 Å². The molecule has 0 bridgehead atoms. The molecule has 25 heavy (non-hydrogen) atoms. The molecule has 2 heterocycles. The van der Waals surface area contributed by atoms with E-state index in [-0.39, 0.29) is 24.4 Å². The first kappa shape index (κ1) is 17.2. The van der Waals surface area contributed by atoms with Crippen LogP contribution in [0.25, 0.3) is 0 Å². The van der Waals surface area contributed by atoms with E-state index in [1.54, 1.807) is 13.1 Å². The normalized spacial score (nSPS) is 14.6. The maximum absolute atomic E-state index is 12.4. The van der Waals surface area contributed by atoms with Gasteiger partial charge in [0, 0.05) is 12.2 Å². The predicted octanol–water partition coefficient (Wildman–Crippen LogP) is 2.05. The molecule has 8 nitrogen and oxygen atoms in total. The summed E-state index contributed by atoms with van der Waals surface area (Å²) < 4.78 is 6.60. The van der Waals surface area contributed by atoms with Gasteiger partial charge >= 0.3 is 0 Å². The zero-order chi connectivity index (χ0) is 17.8. The molecule has 8 heteroatoms. The highest BCUT2D eigenvalue weighted by Gasteiger charge is 2.20. The minimum absolute atomic E-state index is 0.0592. The van der Waals surface area contributed by atoms with Crippen molar-refractivity contribution in [3.8, 4) is 0 Å². The Balaban J connectivity index is 1.58. The molecule has 1 aliphatic carbocycles. The van der Waals surface area contributed by atoms with E-state index in [9.17, 15) is 9.59 Å². The maximum atomic E-state index is 12.4. The molecular weight excluding hydrogens is 322 g/mol. The zero-order valence-corrected chi connectivity index (χ0v) is 14.5. The highest BCUT2D eigenvalue weighted by molar-refractivity contribution is 6.05. The number of hydrogen-bond acceptors (Lipinski definition) is 5. The minimum atomic E-state index is -0.287. The first-order chi connectivity index (χ1) is 12.1. The van der Waals surface area contributed by atoms with Crippen molar-refractivity contribution in [3.63, 3.8) is 0 Å². The first-order valence-electron chi connectivity index (χ1n) is 8.65. The lowest BCUT2D eigenvalue weighted by Gasteiger charge is -2.11. The summed E-state index contributed by atoms with van der Waals surface area (Å²) in [7, 11) is 0. The van der Waals surface area contributed by atoms with E-state index >= 15 is 0 Å². The molecule has 0 unspecified atom stereocenters. The summed E-state index contributed by atoms with van der Waals surface area (Å²) in [5.74, 6) is 0.138. The van der Waals surface area contributed by atoms with Crippen LogP contribution in [0.1, 0.15) is 54.4 Å². The summed E-state index contributed by atoms with van der Waals surface area (Å²) in [5, 5.41) is 13.8. The predicted molar refractivity (Wildman–Crippen MR) is 91.2 cm³/mol. The van der Waals surface area contributed by atoms with Crippen LogP contribution < -0.4 is 10.6 Å². The van der Waals surface area contributed by atoms with Crippen LogP contribution in [0.5, 0.6) is 0 Å². The van der Waals surface area contributed by atoms with Crippen LogP contribution >= 0.6 is 0 Å². The van der Waals surface area contributed by atoms with E-state index in [2.05, 4.69) is 20.9 Å². The van der Waals surface area contributed by atoms with E-state index < -0.39 is 0 Å². The van der Waals surface area contributed by atoms with Crippen molar-refractivity contribution in [3.05, 3.63) is 29.4 Å². The summed E-state index contributed by atoms with van der Waals surface area (Å²) in [6.45, 7) is 3.76. The average Bonchev–Trinajstić information content (AvgIpc) is 3.29. The second-order valence-electron chi connectivity index (χ2n) is 6.34. The van der Waals surface area contributed by atoms with Crippen LogP contribution in [0.4, 0.5) is 5.69 Å². The molecule has 2 aromatic heterocycles. The van der Waals surface area contributed by atoms with Crippen molar-refractivity contribution in [1.82, 2.24) is 20.3 Å². The molecule has 1 aliphatic rings. The third kappa shape index (κ3) is 4.07. The number of amides is 2. The van der Waals surface area contributed by atoms with Gasteiger partial charge in [-0.3, -0.25) is 14.3 Å². The lowest BCUT2D eigenvalue weighted by atomic mass is 10.1. The minimum Gasteiger partial charge on any atom is -0.361 e. The fraction of sp³-hybridized carbons (Fsp3) is 0.529. The van der Waals surface area contributed by atoms with E-state index in [1.165, 1.54) is 23.7 Å². The van der Waals surface area contributed by atoms with Crippen LogP contribution in [0.15, 0.2) is 16.9 Å². The number of anilines is 1. The van der Waals surface area contributed by atoms with Crippen LogP contribution in [0, 0.1) is 6.92 Å². The Labute approximate surface area is 145 Å². The van der Waals surface area contributed by atoms with E-state index in [0.29, 0.717) is 29.1 Å². The third-order valence-electron chi connectivity index (χ3n) is 4.41. The van der Waals surface area contributed by atoms with Gasteiger partial charge in [0.05, 0.1) is 17.6 Å². The third-order valence-corrected chi connectivity index (χ3v) is 4.41. The number of hydrogen-bond donors (Lipinski definition) is 2. The fourth-order valence-electron chi connectivity index (χ4n) is 3.15. The van der Waals surface area contributed by atoms with Crippen molar-refractivity contribution in [2.45, 2.75) is 58.5 Å². The second-order valence-corrected chi connectivity index (χ2v) is 6.34. The molecule has 1 saturated carbocycles. The molecule has 2 amide bonds. The highest BCUT2D eigenvalue weighted by Crippen LogP contribution is 2.18. The smallest absolute Gasteiger partial charge is 0.261 e. The summed E-state index contributed by atoms with van der Waals surface area (Å²) in [6.07, 6.45) is 8.21. The van der Waals surface area contributed by atoms with Gasteiger partial charge in [-0.15, -0.1) is 0 Å². The Morgan fingerprint density at radius 3 is 2.84 bits per heavy atom. The van der Waals surface area contributed by atoms with Gasteiger partial charge in [-0.05, 0) is 26.2 Å². The van der Waals surface area contributed by atoms with Crippen LogP contribution in [-0.4, -0.2) is 32.8 Å². The van der Waals surface area contributed by atoms with E-state index in [0.717, 1.165) is 12.8 Å². The first-order valence-corrected chi connectivity index (χ1v) is 8.65. The Morgan fingerprint density at radius 2 is 2.12 bits per heavy atom. The van der Waals surface area contributed by atoms with Gasteiger partial charge in [-0.1, -0.05) is 24.9 Å². The van der Waals surface area contributed by atoms with Gasteiger partial charge in [0.15, 0.2) is 0 Å². The van der Waals surface area contributed by atoms with Crippen molar-refractivity contribution < 1.29 is 14.1 Å². The van der Waals surface area contributed by atoms with Crippen molar-refractivity contribution in [2.75, 3.05) is 5.32 Å². The lowest BCUT2D eigenvalue weighted by molar-refractivity contribution is -0.122. The quantitative estimate of drug-likeness (QED) is 0.834. The molecule has 0 aliphatic heterocycles. The number of nitrogens with zero attached hydrogens (tertiary/aromatic N) is 3. The van der Waals surface area contributed by atoms with E-state index in [1.807, 2.05) is 6.92 Å². The number of aryl methyl sites for hydroxylation is 2. The standard InChI is InChI=1S/C17H23N5O3/c1-3-14-16(11(2)25-21-14)17(24)20-13-8-18-22(9-13)10-15(23)19-12-6-4-5-7-12/h8-9,12H,3-7,10H2,1-2H3,(H,19,23)(H,20,24). The SMILES string of the molecule is CCc1noc(C)c1C(=O)Nc1cnn(CC(=O)NC2CCCC2)c1. The Bertz CT molecular complexity index is 758. The van der Waals surface area contributed by atoms with Crippen LogP contribution in [0.2, 0.25) is 0 Å². The van der Waals surface area contributed by atoms with Gasteiger partial charge in [0.2, 0.25) is 5.91 Å². The lowest BCUT2D eigenvalue weighted by Crippen LogP contribution is -2.35. The Hall–Kier alpha value is -2.64. The Morgan fingerprint density at radius 1 is 1.36 bits per heavy atom. The molecular formula is C17H23N5O3. The number of rotatable bonds is 6. The number of carbonyl (C=O) groups is 2. The molecule has 0 saturated heterocycles. The summed E-state index contributed by atoms with van der Waals surface area (Å²) in [5.41, 5.74) is 1.61. The van der Waals surface area contributed by atoms with Crippen molar-refractivity contribution in [1.29, 1.82) is 0 Å². The van der Waals surface area contributed by atoms with Crippen LogP contribution in [0.3, 0.4) is 0 Å². The van der Waals surface area contributed by atoms with Gasteiger partial charge in [0.25, 0.3) is 5.91 Å². The highest BCUT2D eigenvalue weighted by atomic mass is 16.5. The average molecular weight is 345 g/mol. The largest absolute Gasteiger partial charge is 0.361 e. The summed E-state index contributed by atoms with van der Waals surface area (Å²) in [4.78, 5) is 24.4. The van der Waals surface area contributed by atoms with Gasteiger partial charge in [0.1, 0.15) is 17.9 Å². The van der Waals surface area contributed by atoms with Gasteiger partial charge in [-0.25, -0.2) is 0 Å². The monoisotopic (exact) mass is 345 g/mol. The van der Waals surface area contributed by atoms with Crippen LogP contribution in [-0.2, 0) is 17.8 Å². The molecule has 1 fully saturated rings. The zero-order valence-electron chi connectivity index (χ0n) is 14.5. The fourth-order valence-corrected chi connectivity index (χ4v) is 3.15. The molecule has 2 aromatic rings. The number of carbonyl (C=O) groups excluding carboxylic acids is 2. The summed E-state index contributed by atoms with van der Waals surface area (Å²) >= 11 is 0. The van der Waals surface area contributed by atoms with E-state index in [4.69, 9.17) is 4.52 Å². The molecule has 2 N–H and O–H groups in total. The maximum Gasteiger partial charge on any atom is 0.261 e. The topological polar surface area (TPSA) is 102 Å². The molecule has 0 radical (unpaired) electrons. The molecule has 0 aromatic carbocycles. The molecule has 0 atom stereocenters. The number of nitrogens with one attached hydrogen (secondary N) is 2.